The number of nitrogens with zero attached hydrogens (tertiary/aromatic N) is 2. The number of benzene rings is 2. The third-order valence-electron chi connectivity index (χ3n) is 4.47. The van der Waals surface area contributed by atoms with Gasteiger partial charge in [0.05, 0.1) is 11.6 Å². The summed E-state index contributed by atoms with van der Waals surface area (Å²) < 4.78 is 32.5. The number of hydrogen-bond acceptors (Lipinski definition) is 4. The molecule has 2 atom stereocenters. The molecule has 5 nitrogen and oxygen atoms in total. The highest BCUT2D eigenvalue weighted by atomic mass is 19.1. The van der Waals surface area contributed by atoms with Crippen LogP contribution in [0.4, 0.5) is 13.6 Å². The molecule has 0 aliphatic carbocycles. The average Bonchev–Trinajstić information content (AvgIpc) is 3.09. The highest BCUT2D eigenvalue weighted by Gasteiger charge is 2.37. The number of hydrogen-bond donors (Lipinski definition) is 1. The highest BCUT2D eigenvalue weighted by molar-refractivity contribution is 5.72. The van der Waals surface area contributed by atoms with E-state index in [0.717, 1.165) is 29.3 Å². The number of amides is 1. The van der Waals surface area contributed by atoms with Gasteiger partial charge in [0.25, 0.3) is 0 Å². The maximum atomic E-state index is 13.6. The zero-order chi connectivity index (χ0) is 19.7. The van der Waals surface area contributed by atoms with Gasteiger partial charge >= 0.3 is 6.09 Å². The Hall–Kier alpha value is -3.79. The fourth-order valence-electron chi connectivity index (χ4n) is 3.23. The molecule has 28 heavy (non-hydrogen) atoms. The summed E-state index contributed by atoms with van der Waals surface area (Å²) in [6.45, 7) is 0. The molecule has 0 saturated carbocycles. The van der Waals surface area contributed by atoms with E-state index in [1.54, 1.807) is 36.7 Å². The zero-order valence-electron chi connectivity index (χ0n) is 14.4. The van der Waals surface area contributed by atoms with Gasteiger partial charge in [0.15, 0.2) is 6.10 Å². The topological polar surface area (TPSA) is 75.0 Å². The average molecular weight is 377 g/mol. The summed E-state index contributed by atoms with van der Waals surface area (Å²) in [4.78, 5) is 16.1. The minimum absolute atomic E-state index is 0.206. The van der Waals surface area contributed by atoms with Crippen LogP contribution in [0, 0.1) is 23.0 Å². The van der Waals surface area contributed by atoms with E-state index in [2.05, 4.69) is 16.4 Å². The summed E-state index contributed by atoms with van der Waals surface area (Å²) in [7, 11) is 0. The molecule has 1 aliphatic rings. The zero-order valence-corrected chi connectivity index (χ0v) is 14.4. The Morgan fingerprint density at radius 3 is 2.54 bits per heavy atom. The number of halogens is 2. The number of rotatable bonds is 3. The van der Waals surface area contributed by atoms with Crippen molar-refractivity contribution in [3.63, 3.8) is 0 Å². The first kappa shape index (κ1) is 17.6. The molecule has 0 unspecified atom stereocenters. The van der Waals surface area contributed by atoms with Crippen molar-refractivity contribution in [2.24, 2.45) is 0 Å². The van der Waals surface area contributed by atoms with Crippen molar-refractivity contribution in [1.82, 2.24) is 10.3 Å². The predicted octanol–water partition coefficient (Wildman–Crippen LogP) is 4.42. The van der Waals surface area contributed by atoms with Crippen molar-refractivity contribution >= 4 is 6.09 Å². The van der Waals surface area contributed by atoms with Crippen molar-refractivity contribution in [2.45, 2.75) is 12.1 Å². The Morgan fingerprint density at radius 1 is 1.00 bits per heavy atom. The van der Waals surface area contributed by atoms with Crippen LogP contribution in [0.25, 0.3) is 11.1 Å². The van der Waals surface area contributed by atoms with Crippen LogP contribution in [0.3, 0.4) is 0 Å². The lowest BCUT2D eigenvalue weighted by Crippen LogP contribution is -2.20. The smallest absolute Gasteiger partial charge is 0.408 e. The van der Waals surface area contributed by atoms with Gasteiger partial charge in [-0.2, -0.15) is 5.26 Å². The summed E-state index contributed by atoms with van der Waals surface area (Å²) in [6, 6.07) is 13.3. The first-order valence-electron chi connectivity index (χ1n) is 8.42. The lowest BCUT2D eigenvalue weighted by Gasteiger charge is -2.18. The Balaban J connectivity index is 1.73. The lowest BCUT2D eigenvalue weighted by atomic mass is 9.95. The second kappa shape index (κ2) is 7.08. The lowest BCUT2D eigenvalue weighted by molar-refractivity contribution is 0.132. The Kier molecular flexibility index (Phi) is 4.45. The standard InChI is InChI=1S/C21H13F2N3O2/c22-17-6-14(7-18(23)8-17)20-19(26-21(27)28-20)16-5-15(10-25-11-16)13-3-1-2-12(4-13)9-24/h1-8,10-11,19-20H,(H,26,27)/t19-,20-/m1/s1. The van der Waals surface area contributed by atoms with E-state index in [1.807, 2.05) is 6.07 Å². The van der Waals surface area contributed by atoms with Crippen LogP contribution in [0.1, 0.15) is 28.8 Å². The molecule has 0 radical (unpaired) electrons. The van der Waals surface area contributed by atoms with Crippen LogP contribution in [-0.2, 0) is 4.74 Å². The summed E-state index contributed by atoms with van der Waals surface area (Å²) in [5, 5.41) is 11.7. The van der Waals surface area contributed by atoms with Gasteiger partial charge in [0.1, 0.15) is 17.7 Å². The van der Waals surface area contributed by atoms with Gasteiger partial charge in [-0.15, -0.1) is 0 Å². The van der Waals surface area contributed by atoms with Crippen LogP contribution in [0.15, 0.2) is 60.9 Å². The summed E-state index contributed by atoms with van der Waals surface area (Å²) >= 11 is 0. The number of nitriles is 1. The number of cyclic esters (lactones) is 1. The molecule has 1 fully saturated rings. The first-order chi connectivity index (χ1) is 13.5. The van der Waals surface area contributed by atoms with Crippen molar-refractivity contribution in [2.75, 3.05) is 0 Å². The fourth-order valence-corrected chi connectivity index (χ4v) is 3.23. The van der Waals surface area contributed by atoms with Gasteiger partial charge in [0.2, 0.25) is 0 Å². The molecule has 1 saturated heterocycles. The maximum Gasteiger partial charge on any atom is 0.408 e. The maximum absolute atomic E-state index is 13.6. The largest absolute Gasteiger partial charge is 0.439 e. The van der Waals surface area contributed by atoms with E-state index in [0.29, 0.717) is 11.1 Å². The van der Waals surface area contributed by atoms with E-state index in [9.17, 15) is 13.6 Å². The van der Waals surface area contributed by atoms with Crippen LogP contribution < -0.4 is 5.32 Å². The number of carbonyl (C=O) groups excluding carboxylic acids is 1. The van der Waals surface area contributed by atoms with Gasteiger partial charge < -0.3 is 10.1 Å². The number of alkyl carbamates (subject to hydrolysis) is 1. The van der Waals surface area contributed by atoms with Gasteiger partial charge in [-0.25, -0.2) is 13.6 Å². The van der Waals surface area contributed by atoms with Crippen molar-refractivity contribution in [3.8, 4) is 17.2 Å². The van der Waals surface area contributed by atoms with Crippen molar-refractivity contribution < 1.29 is 18.3 Å². The van der Waals surface area contributed by atoms with Crippen molar-refractivity contribution in [1.29, 1.82) is 5.26 Å². The molecule has 3 aromatic rings. The summed E-state index contributed by atoms with van der Waals surface area (Å²) in [5.41, 5.74) is 2.85. The Bertz CT molecular complexity index is 1090. The van der Waals surface area contributed by atoms with Crippen LogP contribution >= 0.6 is 0 Å². The monoisotopic (exact) mass is 377 g/mol. The molecule has 7 heteroatoms. The van der Waals surface area contributed by atoms with Crippen LogP contribution in [-0.4, -0.2) is 11.1 Å². The number of aromatic nitrogens is 1. The SMILES string of the molecule is N#Cc1cccc(-c2cncc([C@H]3NC(=O)O[C@@H]3c3cc(F)cc(F)c3)c2)c1. The van der Waals surface area contributed by atoms with Gasteiger partial charge in [0, 0.05) is 29.6 Å². The molecule has 0 spiro atoms. The van der Waals surface area contributed by atoms with E-state index in [1.165, 1.54) is 0 Å². The molecule has 1 aromatic heterocycles. The van der Waals surface area contributed by atoms with E-state index in [-0.39, 0.29) is 5.56 Å². The number of nitrogens with one attached hydrogen (secondary N) is 1. The normalized spacial score (nSPS) is 18.2. The Morgan fingerprint density at radius 2 is 1.79 bits per heavy atom. The molecular formula is C21H13F2N3O2. The van der Waals surface area contributed by atoms with Gasteiger partial charge in [-0.1, -0.05) is 12.1 Å². The first-order valence-corrected chi connectivity index (χ1v) is 8.42. The van der Waals surface area contributed by atoms with Gasteiger partial charge in [-0.05, 0) is 41.5 Å². The quantitative estimate of drug-likeness (QED) is 0.733. The van der Waals surface area contributed by atoms with Crippen molar-refractivity contribution in [3.05, 3.63) is 89.2 Å². The minimum atomic E-state index is -0.903. The van der Waals surface area contributed by atoms with E-state index >= 15 is 0 Å². The molecule has 2 heterocycles. The third kappa shape index (κ3) is 3.40. The van der Waals surface area contributed by atoms with E-state index in [4.69, 9.17) is 10.00 Å². The van der Waals surface area contributed by atoms with Crippen LogP contribution in [0.5, 0.6) is 0 Å². The molecule has 1 aliphatic heterocycles. The number of pyridine rings is 1. The second-order valence-corrected chi connectivity index (χ2v) is 6.35. The van der Waals surface area contributed by atoms with Crippen LogP contribution in [0.2, 0.25) is 0 Å². The molecule has 1 amide bonds. The number of carbonyl (C=O) groups is 1. The molecule has 138 valence electrons. The Labute approximate surface area is 159 Å². The molecule has 1 N–H and O–H groups in total. The molecule has 0 bridgehead atoms. The minimum Gasteiger partial charge on any atom is -0.439 e. The molecular weight excluding hydrogens is 364 g/mol. The number of ether oxygens (including phenoxy) is 1. The second-order valence-electron chi connectivity index (χ2n) is 6.35. The third-order valence-corrected chi connectivity index (χ3v) is 4.47. The summed E-state index contributed by atoms with van der Waals surface area (Å²) in [5.74, 6) is -1.51. The molecule has 4 rings (SSSR count). The van der Waals surface area contributed by atoms with E-state index < -0.39 is 29.9 Å². The van der Waals surface area contributed by atoms with Gasteiger partial charge in [-0.3, -0.25) is 4.98 Å². The fraction of sp³-hybridized carbons (Fsp3) is 0.0952. The summed E-state index contributed by atoms with van der Waals surface area (Å²) in [6.07, 6.45) is 1.60. The predicted molar refractivity (Wildman–Crippen MR) is 95.8 cm³/mol. The highest BCUT2D eigenvalue weighted by Crippen LogP contribution is 2.38. The molecule has 2 aromatic carbocycles.